The Labute approximate surface area is 156 Å². The number of piperidine rings is 1. The van der Waals surface area contributed by atoms with Gasteiger partial charge in [0.2, 0.25) is 5.91 Å². The predicted octanol–water partition coefficient (Wildman–Crippen LogP) is 1.74. The van der Waals surface area contributed by atoms with Gasteiger partial charge >= 0.3 is 6.03 Å². The number of aromatic nitrogens is 1. The molecular formula is C18H23N5O2S. The largest absolute Gasteiger partial charge is 0.352 e. The van der Waals surface area contributed by atoms with Crippen LogP contribution in [-0.4, -0.2) is 65.4 Å². The number of primary amides is 1. The van der Waals surface area contributed by atoms with Gasteiger partial charge in [0.15, 0.2) is 0 Å². The number of nitrogens with two attached hydrogens (primary N) is 1. The molecule has 0 aliphatic carbocycles. The van der Waals surface area contributed by atoms with Gasteiger partial charge in [-0.3, -0.25) is 4.79 Å². The number of rotatable bonds is 2. The molecule has 7 nitrogen and oxygen atoms in total. The van der Waals surface area contributed by atoms with Crippen molar-refractivity contribution in [3.05, 3.63) is 24.3 Å². The summed E-state index contributed by atoms with van der Waals surface area (Å²) >= 11 is 1.52. The van der Waals surface area contributed by atoms with E-state index in [0.717, 1.165) is 31.7 Å². The molecular weight excluding hydrogens is 350 g/mol. The van der Waals surface area contributed by atoms with Crippen LogP contribution < -0.4 is 10.6 Å². The van der Waals surface area contributed by atoms with Gasteiger partial charge in [-0.2, -0.15) is 4.37 Å². The topological polar surface area (TPSA) is 82.8 Å². The first-order valence-electron chi connectivity index (χ1n) is 9.06. The number of benzene rings is 1. The molecule has 2 aliphatic rings. The van der Waals surface area contributed by atoms with Gasteiger partial charge < -0.3 is 20.4 Å². The predicted molar refractivity (Wildman–Crippen MR) is 102 cm³/mol. The van der Waals surface area contributed by atoms with Crippen LogP contribution in [0.2, 0.25) is 0 Å². The van der Waals surface area contributed by atoms with Crippen LogP contribution in [0.1, 0.15) is 12.8 Å². The van der Waals surface area contributed by atoms with Crippen LogP contribution in [0.15, 0.2) is 24.3 Å². The van der Waals surface area contributed by atoms with Crippen LogP contribution in [0.4, 0.5) is 10.6 Å². The van der Waals surface area contributed by atoms with E-state index in [1.807, 2.05) is 17.0 Å². The highest BCUT2D eigenvalue weighted by Crippen LogP contribution is 2.30. The van der Waals surface area contributed by atoms with Crippen molar-refractivity contribution in [3.63, 3.8) is 0 Å². The van der Waals surface area contributed by atoms with Crippen molar-refractivity contribution in [2.45, 2.75) is 12.8 Å². The average molecular weight is 373 g/mol. The first kappa shape index (κ1) is 17.1. The summed E-state index contributed by atoms with van der Waals surface area (Å²) < 4.78 is 5.80. The number of fused-ring (bicyclic) bond motifs is 1. The van der Waals surface area contributed by atoms with Crippen LogP contribution in [0, 0.1) is 5.92 Å². The zero-order valence-electron chi connectivity index (χ0n) is 14.6. The van der Waals surface area contributed by atoms with Crippen molar-refractivity contribution >= 4 is 39.4 Å². The minimum Gasteiger partial charge on any atom is -0.352 e. The van der Waals surface area contributed by atoms with Gasteiger partial charge in [0.25, 0.3) is 0 Å². The Hall–Kier alpha value is -2.35. The summed E-state index contributed by atoms with van der Waals surface area (Å²) in [4.78, 5) is 30.0. The fraction of sp³-hybridized carbons (Fsp3) is 0.500. The fourth-order valence-electron chi connectivity index (χ4n) is 3.88. The molecule has 0 unspecified atom stereocenters. The zero-order chi connectivity index (χ0) is 18.1. The maximum atomic E-state index is 12.8. The molecule has 8 heteroatoms. The van der Waals surface area contributed by atoms with Crippen LogP contribution in [0.3, 0.4) is 0 Å². The zero-order valence-corrected chi connectivity index (χ0v) is 15.5. The smallest absolute Gasteiger partial charge is 0.314 e. The lowest BCUT2D eigenvalue weighted by atomic mass is 9.96. The Morgan fingerprint density at radius 3 is 2.62 bits per heavy atom. The molecule has 26 heavy (non-hydrogen) atoms. The molecule has 138 valence electrons. The summed E-state index contributed by atoms with van der Waals surface area (Å²) in [5.74, 6) is 1.05. The lowest BCUT2D eigenvalue weighted by Gasteiger charge is -2.38. The summed E-state index contributed by atoms with van der Waals surface area (Å²) in [6, 6.07) is 7.83. The van der Waals surface area contributed by atoms with Gasteiger partial charge in [-0.05, 0) is 36.5 Å². The van der Waals surface area contributed by atoms with Crippen molar-refractivity contribution in [3.8, 4) is 0 Å². The molecule has 0 saturated carbocycles. The number of anilines is 1. The second kappa shape index (κ2) is 7.11. The van der Waals surface area contributed by atoms with Crippen molar-refractivity contribution in [1.29, 1.82) is 0 Å². The summed E-state index contributed by atoms with van der Waals surface area (Å²) in [7, 11) is 0. The first-order valence-corrected chi connectivity index (χ1v) is 9.83. The Bertz CT molecular complexity index is 815. The van der Waals surface area contributed by atoms with Gasteiger partial charge in [-0.15, -0.1) is 0 Å². The number of piperazine rings is 1. The van der Waals surface area contributed by atoms with Crippen molar-refractivity contribution in [2.75, 3.05) is 44.2 Å². The third-order valence-electron chi connectivity index (χ3n) is 5.33. The first-order chi connectivity index (χ1) is 12.6. The highest BCUT2D eigenvalue weighted by Gasteiger charge is 2.32. The number of hydrogen-bond donors (Lipinski definition) is 1. The van der Waals surface area contributed by atoms with E-state index in [4.69, 9.17) is 5.73 Å². The lowest BCUT2D eigenvalue weighted by molar-refractivity contribution is -0.137. The number of amides is 3. The van der Waals surface area contributed by atoms with E-state index < -0.39 is 6.03 Å². The van der Waals surface area contributed by atoms with E-state index in [-0.39, 0.29) is 11.8 Å². The standard InChI is InChI=1S/C18H23N5O2S/c19-18(25)23-7-3-4-13(12-23)17(24)22-10-8-21(9-11-22)16-14-5-1-2-6-15(14)26-20-16/h1-2,5-6,13H,3-4,7-12H2,(H2,19,25)/t13-/m1/s1. The van der Waals surface area contributed by atoms with Gasteiger partial charge in [-0.25, -0.2) is 4.79 Å². The normalized spacial score (nSPS) is 21.2. The van der Waals surface area contributed by atoms with E-state index in [1.165, 1.54) is 21.6 Å². The monoisotopic (exact) mass is 373 g/mol. The minimum absolute atomic E-state index is 0.122. The fourth-order valence-corrected chi connectivity index (χ4v) is 4.67. The molecule has 1 atom stereocenters. The quantitative estimate of drug-likeness (QED) is 0.869. The van der Waals surface area contributed by atoms with Crippen LogP contribution >= 0.6 is 11.5 Å². The maximum Gasteiger partial charge on any atom is 0.314 e. The Kier molecular flexibility index (Phi) is 4.67. The van der Waals surface area contributed by atoms with E-state index in [9.17, 15) is 9.59 Å². The second-order valence-electron chi connectivity index (χ2n) is 6.94. The molecule has 2 N–H and O–H groups in total. The number of nitrogens with zero attached hydrogens (tertiary/aromatic N) is 4. The van der Waals surface area contributed by atoms with Gasteiger partial charge in [0.1, 0.15) is 5.82 Å². The van der Waals surface area contributed by atoms with Gasteiger partial charge in [0, 0.05) is 44.7 Å². The Morgan fingerprint density at radius 1 is 1.08 bits per heavy atom. The van der Waals surface area contributed by atoms with Crippen molar-refractivity contribution < 1.29 is 9.59 Å². The molecule has 1 aromatic heterocycles. The van der Waals surface area contributed by atoms with Crippen LogP contribution in [-0.2, 0) is 4.79 Å². The highest BCUT2D eigenvalue weighted by atomic mass is 32.1. The number of carbonyl (C=O) groups excluding carboxylic acids is 2. The molecule has 3 heterocycles. The molecule has 2 saturated heterocycles. The molecule has 0 radical (unpaired) electrons. The second-order valence-corrected chi connectivity index (χ2v) is 7.74. The summed E-state index contributed by atoms with van der Waals surface area (Å²) in [5.41, 5.74) is 5.38. The molecule has 2 aliphatic heterocycles. The molecule has 1 aromatic carbocycles. The number of hydrogen-bond acceptors (Lipinski definition) is 5. The van der Waals surface area contributed by atoms with Crippen LogP contribution in [0.5, 0.6) is 0 Å². The molecule has 0 bridgehead atoms. The highest BCUT2D eigenvalue weighted by molar-refractivity contribution is 7.13. The van der Waals surface area contributed by atoms with E-state index in [1.54, 1.807) is 4.90 Å². The molecule has 4 rings (SSSR count). The Balaban J connectivity index is 1.39. The van der Waals surface area contributed by atoms with Crippen molar-refractivity contribution in [1.82, 2.24) is 14.2 Å². The number of carbonyl (C=O) groups is 2. The molecule has 3 amide bonds. The van der Waals surface area contributed by atoms with Gasteiger partial charge in [0.05, 0.1) is 10.6 Å². The number of likely N-dealkylation sites (tertiary alicyclic amines) is 1. The summed E-state index contributed by atoms with van der Waals surface area (Å²) in [6.07, 6.45) is 1.67. The van der Waals surface area contributed by atoms with E-state index in [2.05, 4.69) is 21.4 Å². The summed E-state index contributed by atoms with van der Waals surface area (Å²) in [5, 5.41) is 1.18. The van der Waals surface area contributed by atoms with E-state index in [0.29, 0.717) is 26.2 Å². The van der Waals surface area contributed by atoms with Crippen LogP contribution in [0.25, 0.3) is 10.1 Å². The van der Waals surface area contributed by atoms with Gasteiger partial charge in [-0.1, -0.05) is 12.1 Å². The third-order valence-corrected chi connectivity index (χ3v) is 6.15. The minimum atomic E-state index is -0.428. The Morgan fingerprint density at radius 2 is 1.85 bits per heavy atom. The molecule has 2 aromatic rings. The van der Waals surface area contributed by atoms with Crippen molar-refractivity contribution in [2.24, 2.45) is 11.7 Å². The maximum absolute atomic E-state index is 12.8. The number of urea groups is 1. The molecule has 2 fully saturated rings. The van der Waals surface area contributed by atoms with E-state index >= 15 is 0 Å². The molecule has 0 spiro atoms. The SMILES string of the molecule is NC(=O)N1CCC[C@@H](C(=O)N2CCN(c3nsc4ccccc34)CC2)C1. The average Bonchev–Trinajstić information content (AvgIpc) is 3.12. The third kappa shape index (κ3) is 3.21. The summed E-state index contributed by atoms with van der Waals surface area (Å²) in [6.45, 7) is 4.06. The lowest BCUT2D eigenvalue weighted by Crippen LogP contribution is -2.53.